The van der Waals surface area contributed by atoms with Crippen LogP contribution in [0.1, 0.15) is 36.1 Å². The normalized spacial score (nSPS) is 14.9. The van der Waals surface area contributed by atoms with E-state index in [2.05, 4.69) is 31.9 Å². The van der Waals surface area contributed by atoms with Gasteiger partial charge >= 0.3 is 0 Å². The first-order valence-electron chi connectivity index (χ1n) is 11.3. The fourth-order valence-electron chi connectivity index (χ4n) is 4.38. The van der Waals surface area contributed by atoms with Gasteiger partial charge in [-0.1, -0.05) is 35.7 Å². The molecule has 0 radical (unpaired) electrons. The number of aromatic amines is 1. The first kappa shape index (κ1) is 23.1. The Bertz CT molecular complexity index is 1150. The van der Waals surface area contributed by atoms with Crippen molar-refractivity contribution in [1.29, 1.82) is 0 Å². The third kappa shape index (κ3) is 5.11. The lowest BCUT2D eigenvalue weighted by Gasteiger charge is -2.36. The van der Waals surface area contributed by atoms with Crippen molar-refractivity contribution in [2.45, 2.75) is 39.5 Å². The minimum Gasteiger partial charge on any atom is -0.368 e. The highest BCUT2D eigenvalue weighted by Gasteiger charge is 2.19. The summed E-state index contributed by atoms with van der Waals surface area (Å²) in [5.74, 6) is 0. The summed E-state index contributed by atoms with van der Waals surface area (Å²) in [6, 6.07) is 10.0. The van der Waals surface area contributed by atoms with Gasteiger partial charge in [-0.15, -0.1) is 0 Å². The quantitative estimate of drug-likeness (QED) is 0.468. The Hall–Kier alpha value is -2.08. The van der Waals surface area contributed by atoms with Crippen molar-refractivity contribution in [3.05, 3.63) is 67.6 Å². The summed E-state index contributed by atoms with van der Waals surface area (Å²) in [5, 5.41) is 2.30. The van der Waals surface area contributed by atoms with E-state index in [1.807, 2.05) is 32.0 Å². The van der Waals surface area contributed by atoms with Crippen molar-refractivity contribution in [3.63, 3.8) is 0 Å². The van der Waals surface area contributed by atoms with E-state index >= 15 is 0 Å². The molecule has 170 valence electrons. The van der Waals surface area contributed by atoms with Crippen LogP contribution in [0.5, 0.6) is 0 Å². The van der Waals surface area contributed by atoms with Crippen LogP contribution in [0.4, 0.5) is 5.69 Å². The van der Waals surface area contributed by atoms with Gasteiger partial charge in [0.25, 0.3) is 5.56 Å². The fourth-order valence-corrected chi connectivity index (χ4v) is 4.79. The molecule has 1 aromatic carbocycles. The molecule has 4 rings (SSSR count). The Labute approximate surface area is 199 Å². The molecule has 1 aliphatic rings. The third-order valence-electron chi connectivity index (χ3n) is 6.54. The smallest absolute Gasteiger partial charge is 0.252 e. The second-order valence-electron chi connectivity index (χ2n) is 8.62. The van der Waals surface area contributed by atoms with Crippen molar-refractivity contribution in [2.24, 2.45) is 0 Å². The first-order chi connectivity index (χ1) is 15.4. The molecule has 1 N–H and O–H groups in total. The molecule has 2 aromatic heterocycles. The van der Waals surface area contributed by atoms with Crippen LogP contribution in [0.3, 0.4) is 0 Å². The maximum absolute atomic E-state index is 12.0. The van der Waals surface area contributed by atoms with E-state index in [0.29, 0.717) is 15.7 Å². The molecule has 1 aliphatic heterocycles. The second-order valence-corrected chi connectivity index (χ2v) is 9.40. The molecule has 1 fully saturated rings. The van der Waals surface area contributed by atoms with Crippen molar-refractivity contribution in [3.8, 4) is 0 Å². The van der Waals surface area contributed by atoms with Gasteiger partial charge in [0, 0.05) is 42.8 Å². The van der Waals surface area contributed by atoms with E-state index in [1.165, 1.54) is 12.8 Å². The number of hydrogen-bond donors (Lipinski definition) is 1. The highest BCUT2D eigenvalue weighted by atomic mass is 35.5. The molecule has 0 spiro atoms. The summed E-state index contributed by atoms with van der Waals surface area (Å²) in [6.45, 7) is 8.98. The number of aryl methyl sites for hydroxylation is 2. The van der Waals surface area contributed by atoms with Gasteiger partial charge < -0.3 is 9.88 Å². The monoisotopic (exact) mass is 472 g/mol. The molecule has 0 bridgehead atoms. The summed E-state index contributed by atoms with van der Waals surface area (Å²) in [5.41, 5.74) is 4.52. The van der Waals surface area contributed by atoms with Gasteiger partial charge in [0.05, 0.1) is 15.7 Å². The molecule has 0 saturated carbocycles. The van der Waals surface area contributed by atoms with Crippen molar-refractivity contribution in [1.82, 2.24) is 14.9 Å². The van der Waals surface area contributed by atoms with Crippen LogP contribution >= 0.6 is 23.2 Å². The van der Waals surface area contributed by atoms with Crippen LogP contribution in [0.15, 0.2) is 35.1 Å². The zero-order chi connectivity index (χ0) is 22.7. The molecule has 32 heavy (non-hydrogen) atoms. The average Bonchev–Trinajstić information content (AvgIpc) is 2.79. The number of pyridine rings is 2. The summed E-state index contributed by atoms with van der Waals surface area (Å²) < 4.78 is 0. The van der Waals surface area contributed by atoms with Crippen LogP contribution < -0.4 is 10.5 Å². The van der Waals surface area contributed by atoms with E-state index in [1.54, 1.807) is 0 Å². The SMILES string of the molecule is Cc1c(C)c2ccc(CCCCCN3CCN(c4cccc(Cl)c4Cl)CC3)nc2[nH]c1=O. The van der Waals surface area contributed by atoms with Crippen LogP contribution in [0.2, 0.25) is 10.0 Å². The number of anilines is 1. The Morgan fingerprint density at radius 3 is 2.53 bits per heavy atom. The molecular weight excluding hydrogens is 443 g/mol. The number of nitrogens with one attached hydrogen (secondary N) is 1. The molecule has 0 amide bonds. The lowest BCUT2D eigenvalue weighted by molar-refractivity contribution is 0.252. The molecule has 3 heterocycles. The summed E-state index contributed by atoms with van der Waals surface area (Å²) >= 11 is 12.5. The van der Waals surface area contributed by atoms with Gasteiger partial charge in [-0.25, -0.2) is 4.98 Å². The summed E-state index contributed by atoms with van der Waals surface area (Å²) in [7, 11) is 0. The molecule has 3 aromatic rings. The van der Waals surface area contributed by atoms with Gasteiger partial charge in [0.15, 0.2) is 0 Å². The van der Waals surface area contributed by atoms with Gasteiger partial charge in [-0.2, -0.15) is 0 Å². The molecule has 1 saturated heterocycles. The zero-order valence-corrected chi connectivity index (χ0v) is 20.3. The number of piperazine rings is 1. The first-order valence-corrected chi connectivity index (χ1v) is 12.1. The standard InChI is InChI=1S/C25H30Cl2N4O/c1-17-18(2)25(32)29-24-20(17)11-10-19(28-24)7-4-3-5-12-30-13-15-31(16-14-30)22-9-6-8-21(26)23(22)27/h6,8-11H,3-5,7,12-16H2,1-2H3,(H,28,29,32). The molecule has 0 atom stereocenters. The number of unbranched alkanes of at least 4 members (excludes halogenated alkanes) is 2. The largest absolute Gasteiger partial charge is 0.368 e. The Morgan fingerprint density at radius 2 is 1.75 bits per heavy atom. The van der Waals surface area contributed by atoms with Gasteiger partial charge in [0.1, 0.15) is 5.65 Å². The molecule has 7 heteroatoms. The number of fused-ring (bicyclic) bond motifs is 1. The molecule has 0 unspecified atom stereocenters. The number of nitrogens with zero attached hydrogens (tertiary/aromatic N) is 3. The van der Waals surface area contributed by atoms with Crippen molar-refractivity contribution < 1.29 is 0 Å². The van der Waals surface area contributed by atoms with Crippen LogP contribution in [-0.4, -0.2) is 47.6 Å². The van der Waals surface area contributed by atoms with Crippen molar-refractivity contribution >= 4 is 39.9 Å². The molecular formula is C25H30Cl2N4O. The van der Waals surface area contributed by atoms with Crippen molar-refractivity contribution in [2.75, 3.05) is 37.6 Å². The Morgan fingerprint density at radius 1 is 0.969 bits per heavy atom. The van der Waals surface area contributed by atoms with E-state index in [0.717, 1.165) is 73.5 Å². The number of halogens is 2. The van der Waals surface area contributed by atoms with Crippen LogP contribution in [0, 0.1) is 13.8 Å². The maximum Gasteiger partial charge on any atom is 0.252 e. The van der Waals surface area contributed by atoms with Gasteiger partial charge in [0.2, 0.25) is 0 Å². The third-order valence-corrected chi connectivity index (χ3v) is 7.35. The average molecular weight is 473 g/mol. The summed E-state index contributed by atoms with van der Waals surface area (Å²) in [4.78, 5) is 24.5. The minimum absolute atomic E-state index is 0.0441. The second kappa shape index (κ2) is 10.2. The van der Waals surface area contributed by atoms with Gasteiger partial charge in [-0.05, 0) is 69.5 Å². The molecule has 0 aliphatic carbocycles. The minimum atomic E-state index is -0.0441. The van der Waals surface area contributed by atoms with Crippen LogP contribution in [-0.2, 0) is 6.42 Å². The Balaban J connectivity index is 1.21. The predicted molar refractivity (Wildman–Crippen MR) is 135 cm³/mol. The topological polar surface area (TPSA) is 52.2 Å². The lowest BCUT2D eigenvalue weighted by Crippen LogP contribution is -2.46. The Kier molecular flexibility index (Phi) is 7.39. The molecule has 5 nitrogen and oxygen atoms in total. The number of hydrogen-bond acceptors (Lipinski definition) is 4. The predicted octanol–water partition coefficient (Wildman–Crippen LogP) is 5.38. The number of aromatic nitrogens is 2. The highest BCUT2D eigenvalue weighted by Crippen LogP contribution is 2.32. The van der Waals surface area contributed by atoms with E-state index in [4.69, 9.17) is 23.2 Å². The fraction of sp³-hybridized carbons (Fsp3) is 0.440. The van der Waals surface area contributed by atoms with E-state index in [9.17, 15) is 4.79 Å². The number of rotatable bonds is 7. The van der Waals surface area contributed by atoms with E-state index in [-0.39, 0.29) is 5.56 Å². The van der Waals surface area contributed by atoms with Gasteiger partial charge in [-0.3, -0.25) is 9.69 Å². The lowest BCUT2D eigenvalue weighted by atomic mass is 10.1. The van der Waals surface area contributed by atoms with Crippen LogP contribution in [0.25, 0.3) is 11.0 Å². The maximum atomic E-state index is 12.0. The number of benzene rings is 1. The number of H-pyrrole nitrogens is 1. The van der Waals surface area contributed by atoms with E-state index < -0.39 is 0 Å². The zero-order valence-electron chi connectivity index (χ0n) is 18.8. The summed E-state index contributed by atoms with van der Waals surface area (Å²) in [6.07, 6.45) is 4.39. The highest BCUT2D eigenvalue weighted by molar-refractivity contribution is 6.43.